The number of aryl methyl sites for hydroxylation is 2. The quantitative estimate of drug-likeness (QED) is 0.877. The van der Waals surface area contributed by atoms with Crippen molar-refractivity contribution in [2.24, 2.45) is 0 Å². The van der Waals surface area contributed by atoms with E-state index in [-0.39, 0.29) is 12.5 Å². The number of ether oxygens (including phenoxy) is 1. The lowest BCUT2D eigenvalue weighted by Gasteiger charge is -2.08. The highest BCUT2D eigenvalue weighted by Gasteiger charge is 2.12. The number of carbonyl (C=O) groups excluding carboxylic acids is 2. The zero-order valence-corrected chi connectivity index (χ0v) is 12.1. The molecule has 4 heteroatoms. The van der Waals surface area contributed by atoms with Crippen molar-refractivity contribution in [1.29, 1.82) is 0 Å². The number of hydrogen-bond acceptors (Lipinski definition) is 3. The van der Waals surface area contributed by atoms with Crippen molar-refractivity contribution in [3.63, 3.8) is 0 Å². The topological polar surface area (TPSA) is 55.4 Å². The van der Waals surface area contributed by atoms with Crippen LogP contribution in [0.25, 0.3) is 0 Å². The number of anilines is 1. The second kappa shape index (κ2) is 6.70. The second-order valence-corrected chi connectivity index (χ2v) is 4.81. The first-order valence-electron chi connectivity index (χ1n) is 6.65. The van der Waals surface area contributed by atoms with Gasteiger partial charge in [-0.2, -0.15) is 0 Å². The largest absolute Gasteiger partial charge is 0.452 e. The van der Waals surface area contributed by atoms with Crippen molar-refractivity contribution in [2.45, 2.75) is 13.8 Å². The van der Waals surface area contributed by atoms with E-state index in [1.165, 1.54) is 0 Å². The highest BCUT2D eigenvalue weighted by atomic mass is 16.5. The zero-order valence-electron chi connectivity index (χ0n) is 12.1. The van der Waals surface area contributed by atoms with E-state index in [9.17, 15) is 9.59 Å². The van der Waals surface area contributed by atoms with Crippen LogP contribution in [0.3, 0.4) is 0 Å². The van der Waals surface area contributed by atoms with Gasteiger partial charge in [-0.1, -0.05) is 35.9 Å². The number of amides is 1. The molecule has 0 heterocycles. The lowest BCUT2D eigenvalue weighted by atomic mass is 10.1. The molecule has 0 fully saturated rings. The van der Waals surface area contributed by atoms with Gasteiger partial charge in [0, 0.05) is 5.69 Å². The van der Waals surface area contributed by atoms with Gasteiger partial charge in [0.15, 0.2) is 6.61 Å². The van der Waals surface area contributed by atoms with Gasteiger partial charge < -0.3 is 10.1 Å². The van der Waals surface area contributed by atoms with Crippen molar-refractivity contribution < 1.29 is 14.3 Å². The first-order valence-corrected chi connectivity index (χ1v) is 6.65. The maximum Gasteiger partial charge on any atom is 0.338 e. The van der Waals surface area contributed by atoms with Crippen LogP contribution in [0.15, 0.2) is 48.5 Å². The van der Waals surface area contributed by atoms with Gasteiger partial charge in [-0.3, -0.25) is 4.79 Å². The molecule has 4 nitrogen and oxygen atoms in total. The minimum absolute atomic E-state index is 0.305. The molecule has 0 spiro atoms. The number of para-hydroxylation sites is 1. The highest BCUT2D eigenvalue weighted by Crippen LogP contribution is 2.12. The smallest absolute Gasteiger partial charge is 0.338 e. The van der Waals surface area contributed by atoms with Crippen LogP contribution in [0.5, 0.6) is 0 Å². The van der Waals surface area contributed by atoms with Gasteiger partial charge >= 0.3 is 5.97 Å². The molecule has 0 unspecified atom stereocenters. The minimum atomic E-state index is -0.490. The molecule has 2 rings (SSSR count). The van der Waals surface area contributed by atoms with Crippen molar-refractivity contribution >= 4 is 17.6 Å². The Bertz CT molecular complexity index is 650. The van der Waals surface area contributed by atoms with Crippen LogP contribution >= 0.6 is 0 Å². The summed E-state index contributed by atoms with van der Waals surface area (Å²) in [7, 11) is 0. The highest BCUT2D eigenvalue weighted by molar-refractivity contribution is 5.96. The third-order valence-electron chi connectivity index (χ3n) is 2.99. The van der Waals surface area contributed by atoms with Crippen LogP contribution in [0, 0.1) is 13.8 Å². The Hall–Kier alpha value is -2.62. The summed E-state index contributed by atoms with van der Waals surface area (Å²) in [6, 6.07) is 14.5. The summed E-state index contributed by atoms with van der Waals surface area (Å²) in [6.07, 6.45) is 0. The predicted octanol–water partition coefficient (Wildman–Crippen LogP) is 3.10. The Morgan fingerprint density at radius 3 is 2.43 bits per heavy atom. The average Bonchev–Trinajstić information content (AvgIpc) is 2.46. The molecule has 0 saturated heterocycles. The summed E-state index contributed by atoms with van der Waals surface area (Å²) in [5.41, 5.74) is 3.06. The Morgan fingerprint density at radius 2 is 1.76 bits per heavy atom. The number of nitrogens with one attached hydrogen (secondary N) is 1. The Labute approximate surface area is 123 Å². The first kappa shape index (κ1) is 14.8. The van der Waals surface area contributed by atoms with E-state index in [1.54, 1.807) is 18.2 Å². The average molecular weight is 283 g/mol. The maximum absolute atomic E-state index is 11.9. The van der Waals surface area contributed by atoms with Crippen LogP contribution in [0.4, 0.5) is 5.69 Å². The van der Waals surface area contributed by atoms with E-state index in [0.29, 0.717) is 11.3 Å². The summed E-state index contributed by atoms with van der Waals surface area (Å²) in [4.78, 5) is 23.6. The molecule has 0 aliphatic rings. The Balaban J connectivity index is 1.90. The summed E-state index contributed by atoms with van der Waals surface area (Å²) < 4.78 is 5.03. The van der Waals surface area contributed by atoms with E-state index in [4.69, 9.17) is 4.74 Å². The molecule has 0 atom stereocenters. The molecular weight excluding hydrogens is 266 g/mol. The van der Waals surface area contributed by atoms with E-state index in [0.717, 1.165) is 11.1 Å². The summed E-state index contributed by atoms with van der Waals surface area (Å²) >= 11 is 0. The van der Waals surface area contributed by atoms with Crippen molar-refractivity contribution in [3.8, 4) is 0 Å². The van der Waals surface area contributed by atoms with E-state index in [2.05, 4.69) is 5.32 Å². The number of rotatable bonds is 4. The lowest BCUT2D eigenvalue weighted by molar-refractivity contribution is -0.119. The van der Waals surface area contributed by atoms with E-state index < -0.39 is 5.97 Å². The molecule has 0 aromatic heterocycles. The van der Waals surface area contributed by atoms with Crippen molar-refractivity contribution in [2.75, 3.05) is 11.9 Å². The first-order chi connectivity index (χ1) is 10.1. The van der Waals surface area contributed by atoms with Gasteiger partial charge in [-0.15, -0.1) is 0 Å². The SMILES string of the molecule is Cc1ccc(C(=O)OCC(=O)Nc2ccccc2)c(C)c1. The van der Waals surface area contributed by atoms with Gasteiger partial charge in [0.25, 0.3) is 5.91 Å². The fraction of sp³-hybridized carbons (Fsp3) is 0.176. The Kier molecular flexibility index (Phi) is 4.72. The molecule has 0 bridgehead atoms. The Morgan fingerprint density at radius 1 is 1.05 bits per heavy atom. The minimum Gasteiger partial charge on any atom is -0.452 e. The number of hydrogen-bond donors (Lipinski definition) is 1. The van der Waals surface area contributed by atoms with E-state index >= 15 is 0 Å². The molecule has 108 valence electrons. The molecule has 0 aliphatic heterocycles. The summed E-state index contributed by atoms with van der Waals surface area (Å²) in [5, 5.41) is 2.66. The number of carbonyl (C=O) groups is 2. The molecular formula is C17H17NO3. The molecule has 0 saturated carbocycles. The van der Waals surface area contributed by atoms with Crippen LogP contribution in [0.1, 0.15) is 21.5 Å². The molecule has 21 heavy (non-hydrogen) atoms. The molecule has 2 aromatic carbocycles. The zero-order chi connectivity index (χ0) is 15.2. The summed E-state index contributed by atoms with van der Waals surface area (Å²) in [6.45, 7) is 3.49. The normalized spacial score (nSPS) is 10.0. The van der Waals surface area contributed by atoms with Gasteiger partial charge in [-0.05, 0) is 37.6 Å². The van der Waals surface area contributed by atoms with Crippen LogP contribution in [-0.2, 0) is 9.53 Å². The van der Waals surface area contributed by atoms with Crippen LogP contribution < -0.4 is 5.32 Å². The third-order valence-corrected chi connectivity index (χ3v) is 2.99. The summed E-state index contributed by atoms with van der Waals surface area (Å²) in [5.74, 6) is -0.852. The second-order valence-electron chi connectivity index (χ2n) is 4.81. The van der Waals surface area contributed by atoms with Crippen LogP contribution in [0.2, 0.25) is 0 Å². The fourth-order valence-electron chi connectivity index (χ4n) is 1.97. The monoisotopic (exact) mass is 283 g/mol. The van der Waals surface area contributed by atoms with Gasteiger partial charge in [-0.25, -0.2) is 4.79 Å². The van der Waals surface area contributed by atoms with Crippen molar-refractivity contribution in [1.82, 2.24) is 0 Å². The predicted molar refractivity (Wildman–Crippen MR) is 81.3 cm³/mol. The standard InChI is InChI=1S/C17H17NO3/c1-12-8-9-15(13(2)10-12)17(20)21-11-16(19)18-14-6-4-3-5-7-14/h3-10H,11H2,1-2H3,(H,18,19). The van der Waals surface area contributed by atoms with Gasteiger partial charge in [0.2, 0.25) is 0 Å². The lowest BCUT2D eigenvalue weighted by Crippen LogP contribution is -2.21. The molecule has 2 aromatic rings. The van der Waals surface area contributed by atoms with E-state index in [1.807, 2.05) is 44.2 Å². The molecule has 1 amide bonds. The molecule has 0 radical (unpaired) electrons. The van der Waals surface area contributed by atoms with Crippen LogP contribution in [-0.4, -0.2) is 18.5 Å². The van der Waals surface area contributed by atoms with Gasteiger partial charge in [0.05, 0.1) is 5.56 Å². The number of esters is 1. The fourth-order valence-corrected chi connectivity index (χ4v) is 1.97. The van der Waals surface area contributed by atoms with Gasteiger partial charge in [0.1, 0.15) is 0 Å². The van der Waals surface area contributed by atoms with Crippen molar-refractivity contribution in [3.05, 3.63) is 65.2 Å². The number of benzene rings is 2. The molecule has 1 N–H and O–H groups in total. The maximum atomic E-state index is 11.9. The third kappa shape index (κ3) is 4.18. The molecule has 0 aliphatic carbocycles.